The molecule has 0 aromatic carbocycles. The van der Waals surface area contributed by atoms with Crippen LogP contribution in [0.2, 0.25) is 0 Å². The van der Waals surface area contributed by atoms with Crippen molar-refractivity contribution >= 4 is 5.91 Å². The number of rotatable bonds is 7. The quantitative estimate of drug-likeness (QED) is 0.643. The Kier molecular flexibility index (Phi) is 6.65. The van der Waals surface area contributed by atoms with Gasteiger partial charge in [-0.05, 0) is 51.5 Å². The molecule has 4 heteroatoms. The summed E-state index contributed by atoms with van der Waals surface area (Å²) in [5.41, 5.74) is 0. The molecule has 18 heavy (non-hydrogen) atoms. The third-order valence-electron chi connectivity index (χ3n) is 4.13. The first kappa shape index (κ1) is 15.4. The molecule has 0 bridgehead atoms. The lowest BCUT2D eigenvalue weighted by Gasteiger charge is -2.22. The van der Waals surface area contributed by atoms with Crippen molar-refractivity contribution in [3.8, 4) is 0 Å². The minimum absolute atomic E-state index is 0.0721. The number of carbonyl (C=O) groups is 1. The number of aliphatic hydroxyl groups is 1. The molecule has 0 aliphatic heterocycles. The molecule has 1 rings (SSSR count). The van der Waals surface area contributed by atoms with Gasteiger partial charge < -0.3 is 15.7 Å². The second-order valence-electron chi connectivity index (χ2n) is 5.58. The summed E-state index contributed by atoms with van der Waals surface area (Å²) in [6.45, 7) is 7.09. The summed E-state index contributed by atoms with van der Waals surface area (Å²) in [4.78, 5) is 11.8. The Morgan fingerprint density at radius 1 is 1.33 bits per heavy atom. The zero-order valence-corrected chi connectivity index (χ0v) is 11.9. The highest BCUT2D eigenvalue weighted by molar-refractivity contribution is 5.81. The molecular weight excluding hydrogens is 228 g/mol. The van der Waals surface area contributed by atoms with Gasteiger partial charge in [0.05, 0.1) is 6.04 Å². The Morgan fingerprint density at radius 3 is 2.61 bits per heavy atom. The fraction of sp³-hybridized carbons (Fsp3) is 0.929. The Hall–Kier alpha value is -0.610. The van der Waals surface area contributed by atoms with Crippen LogP contribution in [-0.4, -0.2) is 36.2 Å². The third kappa shape index (κ3) is 4.58. The van der Waals surface area contributed by atoms with Crippen LogP contribution in [-0.2, 0) is 4.79 Å². The fourth-order valence-corrected chi connectivity index (χ4v) is 2.51. The van der Waals surface area contributed by atoms with Crippen molar-refractivity contribution < 1.29 is 9.90 Å². The van der Waals surface area contributed by atoms with Crippen molar-refractivity contribution in [1.82, 2.24) is 10.6 Å². The van der Waals surface area contributed by atoms with E-state index in [9.17, 15) is 9.90 Å². The van der Waals surface area contributed by atoms with Crippen molar-refractivity contribution in [2.75, 3.05) is 13.2 Å². The molecule has 1 fully saturated rings. The van der Waals surface area contributed by atoms with Crippen molar-refractivity contribution in [3.63, 3.8) is 0 Å². The lowest BCUT2D eigenvalue weighted by molar-refractivity contribution is -0.123. The van der Waals surface area contributed by atoms with Crippen LogP contribution in [0.15, 0.2) is 0 Å². The summed E-state index contributed by atoms with van der Waals surface area (Å²) < 4.78 is 0. The van der Waals surface area contributed by atoms with E-state index in [4.69, 9.17) is 0 Å². The molecule has 0 aromatic rings. The second-order valence-corrected chi connectivity index (χ2v) is 5.58. The highest BCUT2D eigenvalue weighted by Crippen LogP contribution is 2.30. The molecule has 4 atom stereocenters. The molecule has 1 aliphatic rings. The Bertz CT molecular complexity index is 258. The van der Waals surface area contributed by atoms with E-state index in [1.165, 1.54) is 6.42 Å². The molecule has 106 valence electrons. The van der Waals surface area contributed by atoms with Crippen molar-refractivity contribution in [2.24, 2.45) is 11.8 Å². The van der Waals surface area contributed by atoms with E-state index in [1.54, 1.807) is 0 Å². The standard InChI is InChI=1S/C14H28N2O2/c1-4-10(2)16-14(18)11(3)15-8-12-6-5-7-13(12)9-17/h10-13,15,17H,4-9H2,1-3H3,(H,16,18). The first-order valence-corrected chi connectivity index (χ1v) is 7.23. The summed E-state index contributed by atoms with van der Waals surface area (Å²) in [5, 5.41) is 15.5. The van der Waals surface area contributed by atoms with Gasteiger partial charge in [0, 0.05) is 12.6 Å². The number of amides is 1. The Morgan fingerprint density at radius 2 is 2.00 bits per heavy atom. The first-order chi connectivity index (χ1) is 8.58. The molecule has 3 N–H and O–H groups in total. The summed E-state index contributed by atoms with van der Waals surface area (Å²) >= 11 is 0. The normalized spacial score (nSPS) is 26.9. The van der Waals surface area contributed by atoms with Crippen LogP contribution >= 0.6 is 0 Å². The molecule has 1 amide bonds. The van der Waals surface area contributed by atoms with E-state index in [0.29, 0.717) is 11.8 Å². The Balaban J connectivity index is 2.27. The maximum Gasteiger partial charge on any atom is 0.237 e. The predicted octanol–water partition coefficient (Wildman–Crippen LogP) is 1.29. The van der Waals surface area contributed by atoms with Crippen LogP contribution in [0.4, 0.5) is 0 Å². The molecule has 0 spiro atoms. The predicted molar refractivity (Wildman–Crippen MR) is 73.3 cm³/mol. The topological polar surface area (TPSA) is 61.4 Å². The lowest BCUT2D eigenvalue weighted by Crippen LogP contribution is -2.46. The number of hydrogen-bond acceptors (Lipinski definition) is 3. The van der Waals surface area contributed by atoms with Crippen LogP contribution in [0.5, 0.6) is 0 Å². The summed E-state index contributed by atoms with van der Waals surface area (Å²) in [6, 6.07) is 0.0809. The fourth-order valence-electron chi connectivity index (χ4n) is 2.51. The molecule has 0 aromatic heterocycles. The minimum Gasteiger partial charge on any atom is -0.396 e. The number of hydrogen-bond donors (Lipinski definition) is 3. The van der Waals surface area contributed by atoms with Gasteiger partial charge in [-0.25, -0.2) is 0 Å². The van der Waals surface area contributed by atoms with Gasteiger partial charge in [-0.1, -0.05) is 13.3 Å². The summed E-state index contributed by atoms with van der Waals surface area (Å²) in [7, 11) is 0. The highest BCUT2D eigenvalue weighted by Gasteiger charge is 2.27. The van der Waals surface area contributed by atoms with Crippen LogP contribution in [0.3, 0.4) is 0 Å². The number of carbonyl (C=O) groups excluding carboxylic acids is 1. The molecule has 0 radical (unpaired) electrons. The molecule has 1 aliphatic carbocycles. The van der Waals surface area contributed by atoms with E-state index in [0.717, 1.165) is 25.8 Å². The molecular formula is C14H28N2O2. The van der Waals surface area contributed by atoms with Crippen molar-refractivity contribution in [2.45, 2.75) is 58.5 Å². The van der Waals surface area contributed by atoms with Crippen LogP contribution in [0.25, 0.3) is 0 Å². The minimum atomic E-state index is -0.154. The van der Waals surface area contributed by atoms with Crippen LogP contribution in [0.1, 0.15) is 46.5 Å². The number of aliphatic hydroxyl groups excluding tert-OH is 1. The van der Waals surface area contributed by atoms with E-state index >= 15 is 0 Å². The smallest absolute Gasteiger partial charge is 0.237 e. The molecule has 4 nitrogen and oxygen atoms in total. The van der Waals surface area contributed by atoms with Gasteiger partial charge >= 0.3 is 0 Å². The summed E-state index contributed by atoms with van der Waals surface area (Å²) in [5.74, 6) is 1.01. The maximum absolute atomic E-state index is 11.8. The monoisotopic (exact) mass is 256 g/mol. The van der Waals surface area contributed by atoms with Gasteiger partial charge in [0.2, 0.25) is 5.91 Å². The zero-order chi connectivity index (χ0) is 13.5. The van der Waals surface area contributed by atoms with Gasteiger partial charge in [0.15, 0.2) is 0 Å². The second kappa shape index (κ2) is 7.74. The van der Waals surface area contributed by atoms with Crippen molar-refractivity contribution in [3.05, 3.63) is 0 Å². The van der Waals surface area contributed by atoms with Gasteiger partial charge in [0.25, 0.3) is 0 Å². The van der Waals surface area contributed by atoms with E-state index < -0.39 is 0 Å². The maximum atomic E-state index is 11.8. The average Bonchev–Trinajstić information content (AvgIpc) is 2.82. The van der Waals surface area contributed by atoms with Gasteiger partial charge in [0.1, 0.15) is 0 Å². The largest absolute Gasteiger partial charge is 0.396 e. The summed E-state index contributed by atoms with van der Waals surface area (Å²) in [6.07, 6.45) is 4.44. The van der Waals surface area contributed by atoms with Crippen LogP contribution in [0, 0.1) is 11.8 Å². The highest BCUT2D eigenvalue weighted by atomic mass is 16.3. The molecule has 0 saturated heterocycles. The lowest BCUT2D eigenvalue weighted by atomic mass is 9.97. The van der Waals surface area contributed by atoms with Gasteiger partial charge in [-0.2, -0.15) is 0 Å². The van der Waals surface area contributed by atoms with Gasteiger partial charge in [-0.15, -0.1) is 0 Å². The molecule has 4 unspecified atom stereocenters. The molecule has 0 heterocycles. The SMILES string of the molecule is CCC(C)NC(=O)C(C)NCC1CCCC1CO. The van der Waals surface area contributed by atoms with Crippen LogP contribution < -0.4 is 10.6 Å². The third-order valence-corrected chi connectivity index (χ3v) is 4.13. The zero-order valence-electron chi connectivity index (χ0n) is 11.9. The van der Waals surface area contributed by atoms with Crippen molar-refractivity contribution in [1.29, 1.82) is 0 Å². The molecule has 1 saturated carbocycles. The first-order valence-electron chi connectivity index (χ1n) is 7.23. The average molecular weight is 256 g/mol. The van der Waals surface area contributed by atoms with E-state index in [1.807, 2.05) is 13.8 Å². The number of nitrogens with one attached hydrogen (secondary N) is 2. The van der Waals surface area contributed by atoms with E-state index in [2.05, 4.69) is 17.6 Å². The van der Waals surface area contributed by atoms with E-state index in [-0.39, 0.29) is 24.6 Å². The Labute approximate surface area is 111 Å². The van der Waals surface area contributed by atoms with Gasteiger partial charge in [-0.3, -0.25) is 4.79 Å².